The molecule has 1 aliphatic heterocycles. The predicted molar refractivity (Wildman–Crippen MR) is 59.9 cm³/mol. The summed E-state index contributed by atoms with van der Waals surface area (Å²) in [7, 11) is 1.92. The number of aromatic nitrogens is 1. The van der Waals surface area contributed by atoms with Crippen LogP contribution in [0.25, 0.3) is 0 Å². The number of pyridine rings is 1. The summed E-state index contributed by atoms with van der Waals surface area (Å²) in [6.45, 7) is 1.49. The minimum absolute atomic E-state index is 0.0153. The van der Waals surface area contributed by atoms with Gasteiger partial charge in [-0.05, 0) is 18.1 Å². The van der Waals surface area contributed by atoms with Gasteiger partial charge in [0.15, 0.2) is 0 Å². The van der Waals surface area contributed by atoms with Gasteiger partial charge in [-0.2, -0.15) is 0 Å². The van der Waals surface area contributed by atoms with E-state index in [0.717, 1.165) is 17.9 Å². The van der Waals surface area contributed by atoms with Crippen molar-refractivity contribution in [3.63, 3.8) is 0 Å². The number of nitrogens with zero attached hydrogens (tertiary/aromatic N) is 2. The van der Waals surface area contributed by atoms with Gasteiger partial charge in [0, 0.05) is 32.6 Å². The van der Waals surface area contributed by atoms with Crippen LogP contribution in [0.3, 0.4) is 0 Å². The first-order chi connectivity index (χ1) is 7.59. The molecule has 0 atom stereocenters. The van der Waals surface area contributed by atoms with Crippen LogP contribution in [0.1, 0.15) is 12.0 Å². The molecule has 0 saturated heterocycles. The highest BCUT2D eigenvalue weighted by atomic mass is 16.4. The van der Waals surface area contributed by atoms with E-state index in [1.54, 1.807) is 10.6 Å². The molecule has 0 fully saturated rings. The van der Waals surface area contributed by atoms with Crippen LogP contribution in [-0.2, 0) is 17.8 Å². The minimum Gasteiger partial charge on any atom is -0.481 e. The summed E-state index contributed by atoms with van der Waals surface area (Å²) in [4.78, 5) is 24.1. The minimum atomic E-state index is -0.814. The molecule has 0 unspecified atom stereocenters. The molecule has 1 aromatic rings. The van der Waals surface area contributed by atoms with E-state index in [9.17, 15) is 9.59 Å². The van der Waals surface area contributed by atoms with Crippen LogP contribution in [0.15, 0.2) is 16.9 Å². The molecule has 1 N–H and O–H groups in total. The molecular formula is C11H14N2O3. The molecule has 0 amide bonds. The fraction of sp³-hybridized carbons (Fsp3) is 0.455. The number of hydrogen-bond acceptors (Lipinski definition) is 3. The van der Waals surface area contributed by atoms with Crippen LogP contribution in [0.5, 0.6) is 0 Å². The molecule has 5 nitrogen and oxygen atoms in total. The molecule has 0 bridgehead atoms. The third-order valence-electron chi connectivity index (χ3n) is 2.86. The van der Waals surface area contributed by atoms with Crippen LogP contribution < -0.4 is 10.5 Å². The molecule has 1 aliphatic rings. The largest absolute Gasteiger partial charge is 0.481 e. The maximum atomic E-state index is 11.6. The Balaban J connectivity index is 2.36. The van der Waals surface area contributed by atoms with Crippen molar-refractivity contribution in [2.75, 3.05) is 18.5 Å². The molecule has 86 valence electrons. The number of aliphatic carboxylic acids is 1. The Hall–Kier alpha value is -1.78. The molecule has 1 aromatic heterocycles. The zero-order valence-electron chi connectivity index (χ0n) is 9.14. The van der Waals surface area contributed by atoms with Gasteiger partial charge in [-0.3, -0.25) is 14.2 Å². The second-order valence-corrected chi connectivity index (χ2v) is 3.99. The number of likely N-dealkylation sites (N-methyl/N-ethyl adjacent to an activating group) is 1. The highest BCUT2D eigenvalue weighted by molar-refractivity contribution is 5.67. The molecule has 0 radical (unpaired) electrons. The zero-order valence-corrected chi connectivity index (χ0v) is 9.14. The van der Waals surface area contributed by atoms with Gasteiger partial charge in [0.25, 0.3) is 5.56 Å². The van der Waals surface area contributed by atoms with Crippen LogP contribution >= 0.6 is 0 Å². The number of anilines is 1. The second-order valence-electron chi connectivity index (χ2n) is 3.99. The van der Waals surface area contributed by atoms with E-state index in [2.05, 4.69) is 0 Å². The standard InChI is InChI=1S/C11H14N2O3/c1-12-6-7-13-9(14)4-2-8(11(12)13)3-5-10(15)16/h2,4H,3,5-7H2,1H3,(H,15,16). The molecular weight excluding hydrogens is 208 g/mol. The van der Waals surface area contributed by atoms with E-state index in [0.29, 0.717) is 13.0 Å². The lowest BCUT2D eigenvalue weighted by Gasteiger charge is -2.15. The van der Waals surface area contributed by atoms with Crippen molar-refractivity contribution in [3.05, 3.63) is 28.0 Å². The van der Waals surface area contributed by atoms with Crippen molar-refractivity contribution in [1.82, 2.24) is 4.57 Å². The van der Waals surface area contributed by atoms with Crippen molar-refractivity contribution < 1.29 is 9.90 Å². The molecule has 5 heteroatoms. The van der Waals surface area contributed by atoms with E-state index >= 15 is 0 Å². The lowest BCUT2D eigenvalue weighted by molar-refractivity contribution is -0.136. The van der Waals surface area contributed by atoms with E-state index in [-0.39, 0.29) is 12.0 Å². The number of carboxylic acid groups (broad SMARTS) is 1. The van der Waals surface area contributed by atoms with Gasteiger partial charge in [0.1, 0.15) is 5.82 Å². The Morgan fingerprint density at radius 3 is 2.88 bits per heavy atom. The SMILES string of the molecule is CN1CCn2c1c(CCC(=O)O)ccc2=O. The van der Waals surface area contributed by atoms with Gasteiger partial charge >= 0.3 is 5.97 Å². The van der Waals surface area contributed by atoms with Crippen molar-refractivity contribution in [1.29, 1.82) is 0 Å². The fourth-order valence-corrected chi connectivity index (χ4v) is 2.07. The lowest BCUT2D eigenvalue weighted by Crippen LogP contribution is -2.19. The summed E-state index contributed by atoms with van der Waals surface area (Å²) in [5.74, 6) is 0.0550. The van der Waals surface area contributed by atoms with Crippen LogP contribution in [0.4, 0.5) is 5.82 Å². The summed E-state index contributed by atoms with van der Waals surface area (Å²) in [6, 6.07) is 3.25. The zero-order chi connectivity index (χ0) is 11.7. The van der Waals surface area contributed by atoms with Gasteiger partial charge in [0.05, 0.1) is 0 Å². The highest BCUT2D eigenvalue weighted by Gasteiger charge is 2.20. The molecule has 0 saturated carbocycles. The predicted octanol–water partition coefficient (Wildman–Crippen LogP) is 0.315. The van der Waals surface area contributed by atoms with E-state index < -0.39 is 5.97 Å². The highest BCUT2D eigenvalue weighted by Crippen LogP contribution is 2.23. The van der Waals surface area contributed by atoms with Crippen LogP contribution in [0.2, 0.25) is 0 Å². The summed E-state index contributed by atoms with van der Waals surface area (Å²) in [5, 5.41) is 8.66. The van der Waals surface area contributed by atoms with E-state index in [4.69, 9.17) is 5.11 Å². The molecule has 0 aromatic carbocycles. The van der Waals surface area contributed by atoms with Gasteiger partial charge < -0.3 is 10.0 Å². The third kappa shape index (κ3) is 1.80. The van der Waals surface area contributed by atoms with Gasteiger partial charge in [0.2, 0.25) is 0 Å². The Kier molecular flexibility index (Phi) is 2.68. The fourth-order valence-electron chi connectivity index (χ4n) is 2.07. The molecule has 2 heterocycles. The second kappa shape index (κ2) is 4.00. The van der Waals surface area contributed by atoms with Crippen molar-refractivity contribution in [2.45, 2.75) is 19.4 Å². The Bertz CT molecular complexity index is 479. The third-order valence-corrected chi connectivity index (χ3v) is 2.86. The Labute approximate surface area is 92.9 Å². The monoisotopic (exact) mass is 222 g/mol. The van der Waals surface area contributed by atoms with Gasteiger partial charge in [-0.15, -0.1) is 0 Å². The van der Waals surface area contributed by atoms with Crippen molar-refractivity contribution >= 4 is 11.8 Å². The normalized spacial score (nSPS) is 13.9. The number of hydrogen-bond donors (Lipinski definition) is 1. The quantitative estimate of drug-likeness (QED) is 0.799. The number of rotatable bonds is 3. The van der Waals surface area contributed by atoms with Crippen LogP contribution in [-0.4, -0.2) is 29.2 Å². The Morgan fingerprint density at radius 1 is 1.44 bits per heavy atom. The molecule has 0 aliphatic carbocycles. The average Bonchev–Trinajstić information content (AvgIpc) is 2.61. The Morgan fingerprint density at radius 2 is 2.19 bits per heavy atom. The maximum Gasteiger partial charge on any atom is 0.303 e. The topological polar surface area (TPSA) is 62.5 Å². The number of carboxylic acids is 1. The number of carbonyl (C=O) groups is 1. The lowest BCUT2D eigenvalue weighted by atomic mass is 10.1. The first-order valence-corrected chi connectivity index (χ1v) is 5.25. The number of fused-ring (bicyclic) bond motifs is 1. The summed E-state index contributed by atoms with van der Waals surface area (Å²) >= 11 is 0. The van der Waals surface area contributed by atoms with Crippen LogP contribution in [0, 0.1) is 0 Å². The molecule has 16 heavy (non-hydrogen) atoms. The van der Waals surface area contributed by atoms with Gasteiger partial charge in [-0.1, -0.05) is 0 Å². The first kappa shape index (κ1) is 10.7. The van der Waals surface area contributed by atoms with Gasteiger partial charge in [-0.25, -0.2) is 0 Å². The summed E-state index contributed by atoms with van der Waals surface area (Å²) < 4.78 is 1.71. The molecule has 2 rings (SSSR count). The average molecular weight is 222 g/mol. The smallest absolute Gasteiger partial charge is 0.303 e. The molecule has 0 spiro atoms. The van der Waals surface area contributed by atoms with Crippen molar-refractivity contribution in [3.8, 4) is 0 Å². The summed E-state index contributed by atoms with van der Waals surface area (Å²) in [5.41, 5.74) is 0.917. The summed E-state index contributed by atoms with van der Waals surface area (Å²) in [6.07, 6.45) is 0.564. The first-order valence-electron chi connectivity index (χ1n) is 5.25. The number of aryl methyl sites for hydroxylation is 1. The van der Waals surface area contributed by atoms with Crippen molar-refractivity contribution in [2.24, 2.45) is 0 Å². The maximum absolute atomic E-state index is 11.6. The van der Waals surface area contributed by atoms with E-state index in [1.807, 2.05) is 11.9 Å². The van der Waals surface area contributed by atoms with E-state index in [1.165, 1.54) is 6.07 Å².